The van der Waals surface area contributed by atoms with E-state index in [0.29, 0.717) is 5.16 Å². The van der Waals surface area contributed by atoms with Gasteiger partial charge in [-0.2, -0.15) is 0 Å². The number of rotatable bonds is 4. The first kappa shape index (κ1) is 13.9. The lowest BCUT2D eigenvalue weighted by Crippen LogP contribution is -2.11. The number of nitrogens with zero attached hydrogens (tertiary/aromatic N) is 6. The van der Waals surface area contributed by atoms with Crippen LogP contribution in [0.4, 0.5) is 0 Å². The van der Waals surface area contributed by atoms with E-state index < -0.39 is 5.97 Å². The highest BCUT2D eigenvalue weighted by molar-refractivity contribution is 7.99. The molecule has 3 aromatic rings. The second-order valence-electron chi connectivity index (χ2n) is 4.26. The minimum absolute atomic E-state index is 0.287. The number of hydrogen-bond acceptors (Lipinski definition) is 8. The van der Waals surface area contributed by atoms with Crippen LogP contribution in [-0.4, -0.2) is 41.3 Å². The molecule has 0 aliphatic carbocycles. The summed E-state index contributed by atoms with van der Waals surface area (Å²) in [5.41, 5.74) is 1.12. The van der Waals surface area contributed by atoms with Crippen molar-refractivity contribution in [2.24, 2.45) is 0 Å². The molecule has 108 valence electrons. The lowest BCUT2D eigenvalue weighted by Gasteiger charge is -2.02. The molecule has 3 aromatic heterocycles. The maximum absolute atomic E-state index is 10.8. The van der Waals surface area contributed by atoms with Crippen molar-refractivity contribution in [3.05, 3.63) is 16.8 Å². The highest BCUT2D eigenvalue weighted by Crippen LogP contribution is 2.36. The fourth-order valence-corrected chi connectivity index (χ4v) is 3.78. The van der Waals surface area contributed by atoms with Crippen LogP contribution in [0.15, 0.2) is 16.5 Å². The summed E-state index contributed by atoms with van der Waals surface area (Å²) in [6, 6.07) is 0. The van der Waals surface area contributed by atoms with Crippen molar-refractivity contribution in [2.75, 3.05) is 0 Å². The Hall–Kier alpha value is -2.07. The van der Waals surface area contributed by atoms with E-state index >= 15 is 0 Å². The predicted molar refractivity (Wildman–Crippen MR) is 76.5 cm³/mol. The number of aliphatic carboxylic acids is 1. The van der Waals surface area contributed by atoms with Gasteiger partial charge in [-0.3, -0.25) is 4.79 Å². The van der Waals surface area contributed by atoms with Gasteiger partial charge in [0.1, 0.15) is 22.7 Å². The fourth-order valence-electron chi connectivity index (χ4n) is 1.81. The summed E-state index contributed by atoms with van der Waals surface area (Å²) in [7, 11) is 0. The maximum atomic E-state index is 10.8. The number of carboxylic acids is 1. The minimum Gasteiger partial charge on any atom is -0.480 e. The highest BCUT2D eigenvalue weighted by Gasteiger charge is 2.17. The summed E-state index contributed by atoms with van der Waals surface area (Å²) in [5, 5.41) is 22.0. The maximum Gasteiger partial charge on any atom is 0.325 e. The Morgan fingerprint density at radius 2 is 2.24 bits per heavy atom. The zero-order valence-corrected chi connectivity index (χ0v) is 12.8. The van der Waals surface area contributed by atoms with Crippen molar-refractivity contribution in [1.82, 2.24) is 30.2 Å². The number of aryl methyl sites for hydroxylation is 2. The molecular formula is C11H10N6O2S2. The highest BCUT2D eigenvalue weighted by atomic mass is 32.2. The topological polar surface area (TPSA) is 107 Å². The van der Waals surface area contributed by atoms with Crippen LogP contribution in [-0.2, 0) is 11.3 Å². The summed E-state index contributed by atoms with van der Waals surface area (Å²) in [6.07, 6.45) is 1.49. The summed E-state index contributed by atoms with van der Waals surface area (Å²) in [4.78, 5) is 21.4. The van der Waals surface area contributed by atoms with Crippen LogP contribution in [0.3, 0.4) is 0 Å². The molecule has 0 radical (unpaired) electrons. The van der Waals surface area contributed by atoms with E-state index in [2.05, 4.69) is 25.5 Å². The van der Waals surface area contributed by atoms with Gasteiger partial charge in [-0.05, 0) is 41.6 Å². The average molecular weight is 322 g/mol. The monoisotopic (exact) mass is 322 g/mol. The zero-order valence-electron chi connectivity index (χ0n) is 11.1. The van der Waals surface area contributed by atoms with Crippen LogP contribution in [0.25, 0.3) is 10.2 Å². The normalized spacial score (nSPS) is 11.1. The molecule has 21 heavy (non-hydrogen) atoms. The molecule has 0 aliphatic rings. The van der Waals surface area contributed by atoms with Gasteiger partial charge in [0.25, 0.3) is 0 Å². The van der Waals surface area contributed by atoms with E-state index in [1.54, 1.807) is 11.3 Å². The SMILES string of the molecule is Cc1sc2ncnc(Sc3nnnn3CC(=O)O)c2c1C. The molecule has 10 heteroatoms. The number of carbonyl (C=O) groups is 1. The molecule has 0 saturated carbocycles. The number of hydrogen-bond donors (Lipinski definition) is 1. The van der Waals surface area contributed by atoms with Crippen LogP contribution < -0.4 is 0 Å². The quantitative estimate of drug-likeness (QED) is 0.721. The van der Waals surface area contributed by atoms with Gasteiger partial charge >= 0.3 is 5.97 Å². The standard InChI is InChI=1S/C11H10N6O2S2/c1-5-6(2)20-9-8(5)10(13-4-12-9)21-11-14-15-16-17(11)3-7(18)19/h4H,3H2,1-2H3,(H,18,19). The van der Waals surface area contributed by atoms with Gasteiger partial charge in [0.2, 0.25) is 5.16 Å². The summed E-state index contributed by atoms with van der Waals surface area (Å²) >= 11 is 2.84. The third-order valence-electron chi connectivity index (χ3n) is 2.90. The van der Waals surface area contributed by atoms with Crippen molar-refractivity contribution in [2.45, 2.75) is 30.6 Å². The fraction of sp³-hybridized carbons (Fsp3) is 0.273. The average Bonchev–Trinajstić information content (AvgIpc) is 2.96. The number of carboxylic acid groups (broad SMARTS) is 1. The van der Waals surface area contributed by atoms with Crippen LogP contribution in [0.5, 0.6) is 0 Å². The largest absolute Gasteiger partial charge is 0.480 e. The molecule has 8 nitrogen and oxygen atoms in total. The van der Waals surface area contributed by atoms with Gasteiger partial charge < -0.3 is 5.11 Å². The minimum atomic E-state index is -1.00. The number of thiophene rings is 1. The molecule has 0 amide bonds. The molecule has 0 unspecified atom stereocenters. The van der Waals surface area contributed by atoms with Crippen LogP contribution >= 0.6 is 23.1 Å². The van der Waals surface area contributed by atoms with E-state index in [4.69, 9.17) is 5.11 Å². The molecule has 0 aliphatic heterocycles. The molecule has 0 spiro atoms. The van der Waals surface area contributed by atoms with Crippen molar-refractivity contribution in [1.29, 1.82) is 0 Å². The molecule has 0 bridgehead atoms. The van der Waals surface area contributed by atoms with E-state index in [1.807, 2.05) is 13.8 Å². The van der Waals surface area contributed by atoms with Gasteiger partial charge in [0, 0.05) is 10.3 Å². The van der Waals surface area contributed by atoms with Gasteiger partial charge in [-0.15, -0.1) is 16.4 Å². The Balaban J connectivity index is 2.03. The second-order valence-corrected chi connectivity index (χ2v) is 6.42. The van der Waals surface area contributed by atoms with E-state index in [0.717, 1.165) is 20.8 Å². The first-order valence-electron chi connectivity index (χ1n) is 5.92. The number of aromatic nitrogens is 6. The van der Waals surface area contributed by atoms with E-state index in [1.165, 1.54) is 27.6 Å². The van der Waals surface area contributed by atoms with Crippen LogP contribution in [0.2, 0.25) is 0 Å². The molecule has 0 saturated heterocycles. The Labute approximate surface area is 127 Å². The Bertz CT molecular complexity index is 827. The molecule has 3 rings (SSSR count). The predicted octanol–water partition coefficient (Wildman–Crippen LogP) is 1.53. The Kier molecular flexibility index (Phi) is 3.55. The second kappa shape index (κ2) is 5.37. The summed E-state index contributed by atoms with van der Waals surface area (Å²) in [6.45, 7) is 3.76. The van der Waals surface area contributed by atoms with Crippen molar-refractivity contribution >= 4 is 39.3 Å². The molecule has 1 N–H and O–H groups in total. The van der Waals surface area contributed by atoms with Crippen molar-refractivity contribution in [3.8, 4) is 0 Å². The van der Waals surface area contributed by atoms with Gasteiger partial charge in [-0.1, -0.05) is 0 Å². The molecule has 3 heterocycles. The lowest BCUT2D eigenvalue weighted by atomic mass is 10.2. The van der Waals surface area contributed by atoms with Gasteiger partial charge in [0.05, 0.1) is 0 Å². The summed E-state index contributed by atoms with van der Waals surface area (Å²) in [5.74, 6) is -1.00. The third-order valence-corrected chi connectivity index (χ3v) is 5.00. The smallest absolute Gasteiger partial charge is 0.325 e. The first-order valence-corrected chi connectivity index (χ1v) is 7.56. The van der Waals surface area contributed by atoms with Crippen LogP contribution in [0, 0.1) is 13.8 Å². The zero-order chi connectivity index (χ0) is 15.0. The van der Waals surface area contributed by atoms with E-state index in [-0.39, 0.29) is 6.54 Å². The Morgan fingerprint density at radius 1 is 1.43 bits per heavy atom. The summed E-state index contributed by atoms with van der Waals surface area (Å²) < 4.78 is 1.23. The third kappa shape index (κ3) is 2.59. The Morgan fingerprint density at radius 3 is 3.00 bits per heavy atom. The number of fused-ring (bicyclic) bond motifs is 1. The number of tetrazole rings is 1. The van der Waals surface area contributed by atoms with Gasteiger partial charge in [0.15, 0.2) is 0 Å². The molecular weight excluding hydrogens is 312 g/mol. The molecule has 0 aromatic carbocycles. The molecule has 0 fully saturated rings. The van der Waals surface area contributed by atoms with Crippen molar-refractivity contribution in [3.63, 3.8) is 0 Å². The van der Waals surface area contributed by atoms with Crippen LogP contribution in [0.1, 0.15) is 10.4 Å². The molecule has 0 atom stereocenters. The van der Waals surface area contributed by atoms with E-state index in [9.17, 15) is 4.79 Å². The van der Waals surface area contributed by atoms with Gasteiger partial charge in [-0.25, -0.2) is 14.6 Å². The van der Waals surface area contributed by atoms with Crippen molar-refractivity contribution < 1.29 is 9.90 Å². The lowest BCUT2D eigenvalue weighted by molar-refractivity contribution is -0.138. The first-order chi connectivity index (χ1) is 10.1.